The summed E-state index contributed by atoms with van der Waals surface area (Å²) in [5.74, 6) is 0.460. The number of aromatic nitrogens is 2. The van der Waals surface area contributed by atoms with Gasteiger partial charge in [-0.05, 0) is 56.4 Å². The lowest BCUT2D eigenvalue weighted by Gasteiger charge is -2.33. The minimum absolute atomic E-state index is 0.0553. The number of primary amides is 1. The van der Waals surface area contributed by atoms with Crippen LogP contribution < -0.4 is 16.4 Å². The van der Waals surface area contributed by atoms with E-state index in [0.717, 1.165) is 48.7 Å². The normalized spacial score (nSPS) is 14.0. The summed E-state index contributed by atoms with van der Waals surface area (Å²) in [5.41, 5.74) is 9.98. The van der Waals surface area contributed by atoms with Crippen LogP contribution in [0.25, 0.3) is 11.3 Å². The first-order chi connectivity index (χ1) is 17.9. The molecular weight excluding hydrogens is 468 g/mol. The summed E-state index contributed by atoms with van der Waals surface area (Å²) in [6.07, 6.45) is 2.66. The largest absolute Gasteiger partial charge is 0.351 e. The fraction of sp³-hybridized carbons (Fsp3) is 0.333. The predicted molar refractivity (Wildman–Crippen MR) is 146 cm³/mol. The van der Waals surface area contributed by atoms with Gasteiger partial charge < -0.3 is 26.2 Å². The highest BCUT2D eigenvalue weighted by molar-refractivity contribution is 5.92. The van der Waals surface area contributed by atoms with E-state index in [1.54, 1.807) is 11.1 Å². The van der Waals surface area contributed by atoms with Crippen LogP contribution in [-0.4, -0.2) is 90.0 Å². The van der Waals surface area contributed by atoms with Crippen molar-refractivity contribution in [3.63, 3.8) is 0 Å². The molecule has 3 aromatic rings. The highest BCUT2D eigenvalue weighted by Crippen LogP contribution is 2.22. The summed E-state index contributed by atoms with van der Waals surface area (Å²) in [5, 5.41) is 6.16. The Labute approximate surface area is 217 Å². The standard InChI is InChI=1S/C27H34N8O2/c1-33(2)19-25(36)30-22-9-5-21(6-10-22)24-11-13-29-27(32-24)31-23-7-3-20(4-8-23)12-14-34-15-17-35(18-16-34)26(28)37/h3-11,13H,12,14-19H2,1-2H3,(H2,28,37)(H,30,36)(H,29,31,32). The van der Waals surface area contributed by atoms with Crippen molar-refractivity contribution in [3.05, 3.63) is 66.4 Å². The van der Waals surface area contributed by atoms with Gasteiger partial charge in [-0.3, -0.25) is 9.69 Å². The third-order valence-electron chi connectivity index (χ3n) is 6.19. The van der Waals surface area contributed by atoms with Gasteiger partial charge in [-0.15, -0.1) is 0 Å². The van der Waals surface area contributed by atoms with Gasteiger partial charge in [0.2, 0.25) is 11.9 Å². The number of carbonyl (C=O) groups excluding carboxylic acids is 2. The molecule has 2 aromatic carbocycles. The minimum Gasteiger partial charge on any atom is -0.351 e. The second kappa shape index (κ2) is 12.3. The van der Waals surface area contributed by atoms with Crippen molar-refractivity contribution in [2.45, 2.75) is 6.42 Å². The van der Waals surface area contributed by atoms with E-state index in [2.05, 4.69) is 37.6 Å². The first kappa shape index (κ1) is 26.1. The number of piperazine rings is 1. The Morgan fingerprint density at radius 3 is 2.27 bits per heavy atom. The monoisotopic (exact) mass is 502 g/mol. The Morgan fingerprint density at radius 1 is 0.946 bits per heavy atom. The highest BCUT2D eigenvalue weighted by atomic mass is 16.2. The second-order valence-corrected chi connectivity index (χ2v) is 9.37. The Kier molecular flexibility index (Phi) is 8.65. The fourth-order valence-corrected chi connectivity index (χ4v) is 4.15. The number of amides is 3. The van der Waals surface area contributed by atoms with Gasteiger partial charge in [-0.1, -0.05) is 24.3 Å². The highest BCUT2D eigenvalue weighted by Gasteiger charge is 2.18. The van der Waals surface area contributed by atoms with E-state index >= 15 is 0 Å². The van der Waals surface area contributed by atoms with Gasteiger partial charge in [-0.2, -0.15) is 0 Å². The molecule has 0 spiro atoms. The molecule has 4 rings (SSSR count). The van der Waals surface area contributed by atoms with Crippen LogP contribution in [0.4, 0.5) is 22.1 Å². The van der Waals surface area contributed by atoms with E-state index in [-0.39, 0.29) is 11.9 Å². The summed E-state index contributed by atoms with van der Waals surface area (Å²) in [6, 6.07) is 17.4. The molecule has 4 N–H and O–H groups in total. The third-order valence-corrected chi connectivity index (χ3v) is 6.19. The summed E-state index contributed by atoms with van der Waals surface area (Å²) in [6.45, 7) is 4.36. The summed E-state index contributed by atoms with van der Waals surface area (Å²) >= 11 is 0. The topological polar surface area (TPSA) is 120 Å². The summed E-state index contributed by atoms with van der Waals surface area (Å²) < 4.78 is 0. The van der Waals surface area contributed by atoms with Crippen molar-refractivity contribution in [2.24, 2.45) is 5.73 Å². The number of nitrogens with two attached hydrogens (primary N) is 1. The van der Waals surface area contributed by atoms with Gasteiger partial charge >= 0.3 is 6.03 Å². The lowest BCUT2D eigenvalue weighted by atomic mass is 10.1. The number of benzene rings is 2. The maximum atomic E-state index is 12.0. The maximum Gasteiger partial charge on any atom is 0.314 e. The number of likely N-dealkylation sites (N-methyl/N-ethyl adjacent to an activating group) is 1. The van der Waals surface area contributed by atoms with E-state index in [4.69, 9.17) is 5.73 Å². The first-order valence-electron chi connectivity index (χ1n) is 12.4. The molecule has 1 aromatic heterocycles. The van der Waals surface area contributed by atoms with E-state index in [1.807, 2.05) is 61.5 Å². The van der Waals surface area contributed by atoms with E-state index in [1.165, 1.54) is 5.56 Å². The Hall–Kier alpha value is -4.02. The van der Waals surface area contributed by atoms with Crippen LogP contribution in [0.5, 0.6) is 0 Å². The van der Waals surface area contributed by atoms with Crippen molar-refractivity contribution >= 4 is 29.3 Å². The molecule has 1 aliphatic rings. The molecule has 1 aliphatic heterocycles. The average Bonchev–Trinajstić information content (AvgIpc) is 2.88. The van der Waals surface area contributed by atoms with Crippen molar-refractivity contribution in [2.75, 3.05) is 64.0 Å². The molecule has 0 unspecified atom stereocenters. The molecule has 0 bridgehead atoms. The van der Waals surface area contributed by atoms with Crippen LogP contribution in [0.3, 0.4) is 0 Å². The number of hydrogen-bond donors (Lipinski definition) is 3. The van der Waals surface area contributed by atoms with Crippen LogP contribution >= 0.6 is 0 Å². The summed E-state index contributed by atoms with van der Waals surface area (Å²) in [4.78, 5) is 38.1. The fourth-order valence-electron chi connectivity index (χ4n) is 4.15. The number of hydrogen-bond acceptors (Lipinski definition) is 7. The molecule has 2 heterocycles. The third kappa shape index (κ3) is 7.73. The van der Waals surface area contributed by atoms with Crippen LogP contribution in [0.1, 0.15) is 5.56 Å². The zero-order valence-corrected chi connectivity index (χ0v) is 21.4. The molecule has 0 radical (unpaired) electrons. The quantitative estimate of drug-likeness (QED) is 0.411. The number of nitrogens with one attached hydrogen (secondary N) is 2. The van der Waals surface area contributed by atoms with Crippen molar-refractivity contribution in [1.29, 1.82) is 0 Å². The van der Waals surface area contributed by atoms with Gasteiger partial charge in [0.25, 0.3) is 0 Å². The van der Waals surface area contributed by atoms with Gasteiger partial charge in [0.1, 0.15) is 0 Å². The van der Waals surface area contributed by atoms with E-state index in [0.29, 0.717) is 25.6 Å². The molecule has 10 nitrogen and oxygen atoms in total. The van der Waals surface area contributed by atoms with Crippen molar-refractivity contribution < 1.29 is 9.59 Å². The van der Waals surface area contributed by atoms with Crippen LogP contribution in [0.15, 0.2) is 60.8 Å². The van der Waals surface area contributed by atoms with Gasteiger partial charge in [-0.25, -0.2) is 14.8 Å². The summed E-state index contributed by atoms with van der Waals surface area (Å²) in [7, 11) is 3.72. The Bertz CT molecular complexity index is 1190. The van der Waals surface area contributed by atoms with Gasteiger partial charge in [0.15, 0.2) is 0 Å². The molecule has 1 fully saturated rings. The van der Waals surface area contributed by atoms with E-state index in [9.17, 15) is 9.59 Å². The molecule has 0 aliphatic carbocycles. The first-order valence-corrected chi connectivity index (χ1v) is 12.4. The Balaban J connectivity index is 1.29. The number of carbonyl (C=O) groups is 2. The van der Waals surface area contributed by atoms with Gasteiger partial charge in [0.05, 0.1) is 12.2 Å². The van der Waals surface area contributed by atoms with Crippen LogP contribution in [0.2, 0.25) is 0 Å². The van der Waals surface area contributed by atoms with Crippen molar-refractivity contribution in [1.82, 2.24) is 24.7 Å². The predicted octanol–water partition coefficient (Wildman–Crippen LogP) is 2.63. The average molecular weight is 503 g/mol. The molecule has 194 valence electrons. The number of urea groups is 1. The number of anilines is 3. The number of rotatable bonds is 9. The molecule has 0 atom stereocenters. The second-order valence-electron chi connectivity index (χ2n) is 9.37. The Morgan fingerprint density at radius 2 is 1.62 bits per heavy atom. The smallest absolute Gasteiger partial charge is 0.314 e. The lowest BCUT2D eigenvalue weighted by Crippen LogP contribution is -2.50. The molecule has 1 saturated heterocycles. The van der Waals surface area contributed by atoms with Crippen LogP contribution in [0, 0.1) is 0 Å². The van der Waals surface area contributed by atoms with Crippen LogP contribution in [-0.2, 0) is 11.2 Å². The van der Waals surface area contributed by atoms with E-state index < -0.39 is 0 Å². The molecule has 10 heteroatoms. The molecular formula is C27H34N8O2. The molecule has 37 heavy (non-hydrogen) atoms. The molecule has 3 amide bonds. The zero-order valence-electron chi connectivity index (χ0n) is 21.4. The lowest BCUT2D eigenvalue weighted by molar-refractivity contribution is -0.116. The van der Waals surface area contributed by atoms with Gasteiger partial charge in [0, 0.05) is 55.9 Å². The number of nitrogens with zero attached hydrogens (tertiary/aromatic N) is 5. The SMILES string of the molecule is CN(C)CC(=O)Nc1ccc(-c2ccnc(Nc3ccc(CCN4CCN(C(N)=O)CC4)cc3)n2)cc1. The van der Waals surface area contributed by atoms with Crippen molar-refractivity contribution in [3.8, 4) is 11.3 Å². The minimum atomic E-state index is -0.337. The molecule has 0 saturated carbocycles. The maximum absolute atomic E-state index is 12.0. The zero-order chi connectivity index (χ0) is 26.2.